The predicted octanol–water partition coefficient (Wildman–Crippen LogP) is 2.27. The maximum Gasteiger partial charge on any atom is 0.191 e. The van der Waals surface area contributed by atoms with Crippen LogP contribution in [0.5, 0.6) is 5.75 Å². The largest absolute Gasteiger partial charge is 0.491 e. The second-order valence-electron chi connectivity index (χ2n) is 5.53. The number of hydrogen-bond donors (Lipinski definition) is 2. The zero-order valence-electron chi connectivity index (χ0n) is 15.1. The fraction of sp³-hybridized carbons (Fsp3) is 0.421. The molecule has 2 N–H and O–H groups in total. The van der Waals surface area contributed by atoms with Gasteiger partial charge in [-0.2, -0.15) is 0 Å². The highest BCUT2D eigenvalue weighted by Gasteiger charge is 1.99. The van der Waals surface area contributed by atoms with Gasteiger partial charge in [0.15, 0.2) is 5.96 Å². The Morgan fingerprint density at radius 1 is 1.08 bits per heavy atom. The van der Waals surface area contributed by atoms with E-state index < -0.39 is 0 Å². The van der Waals surface area contributed by atoms with Crippen LogP contribution in [0.3, 0.4) is 0 Å². The number of benzene rings is 1. The Morgan fingerprint density at radius 2 is 1.84 bits per heavy atom. The lowest BCUT2D eigenvalue weighted by Crippen LogP contribution is -2.38. The van der Waals surface area contributed by atoms with Crippen LogP contribution >= 0.6 is 0 Å². The third kappa shape index (κ3) is 7.30. The summed E-state index contributed by atoms with van der Waals surface area (Å²) in [6.07, 6.45) is 4.12. The lowest BCUT2D eigenvalue weighted by atomic mass is 10.2. The van der Waals surface area contributed by atoms with E-state index in [1.165, 1.54) is 0 Å². The third-order valence-corrected chi connectivity index (χ3v) is 3.57. The first kappa shape index (κ1) is 18.9. The second-order valence-corrected chi connectivity index (χ2v) is 5.53. The van der Waals surface area contributed by atoms with Crippen LogP contribution in [0, 0.1) is 0 Å². The third-order valence-electron chi connectivity index (χ3n) is 3.57. The first-order valence-electron chi connectivity index (χ1n) is 8.65. The molecule has 0 saturated heterocycles. The van der Waals surface area contributed by atoms with Crippen molar-refractivity contribution in [2.75, 3.05) is 33.4 Å². The van der Waals surface area contributed by atoms with Crippen LogP contribution < -0.4 is 15.4 Å². The average molecular weight is 344 g/mol. The number of aliphatic imine (C=N–C) groups is 1. The molecule has 2 rings (SSSR count). The van der Waals surface area contributed by atoms with Crippen LogP contribution in [-0.4, -0.2) is 43.9 Å². The molecule has 0 radical (unpaired) electrons. The van der Waals surface area contributed by atoms with E-state index >= 15 is 0 Å². The number of aromatic nitrogens is 1. The fourth-order valence-electron chi connectivity index (χ4n) is 2.27. The minimum Gasteiger partial charge on any atom is -0.491 e. The van der Waals surface area contributed by atoms with E-state index in [2.05, 4.69) is 39.5 Å². The van der Waals surface area contributed by atoms with Gasteiger partial charge in [-0.15, -0.1) is 0 Å². The van der Waals surface area contributed by atoms with Gasteiger partial charge < -0.3 is 24.7 Å². The minimum absolute atomic E-state index is 0.559. The molecule has 0 aliphatic carbocycles. The number of nitrogens with zero attached hydrogens (tertiary/aromatic N) is 2. The van der Waals surface area contributed by atoms with Gasteiger partial charge in [0.1, 0.15) is 12.4 Å². The SMILES string of the molecule is CCNC(=NCc1ccc(OCCOC)cc1)NCCn1cccc1. The summed E-state index contributed by atoms with van der Waals surface area (Å²) in [4.78, 5) is 4.63. The van der Waals surface area contributed by atoms with E-state index in [0.717, 1.165) is 36.9 Å². The van der Waals surface area contributed by atoms with Gasteiger partial charge >= 0.3 is 0 Å². The van der Waals surface area contributed by atoms with Crippen molar-refractivity contribution in [3.63, 3.8) is 0 Å². The van der Waals surface area contributed by atoms with E-state index in [1.54, 1.807) is 7.11 Å². The van der Waals surface area contributed by atoms with Gasteiger partial charge in [0.25, 0.3) is 0 Å². The molecule has 0 bridgehead atoms. The molecule has 1 aromatic carbocycles. The molecule has 6 heteroatoms. The average Bonchev–Trinajstić information content (AvgIpc) is 3.14. The number of methoxy groups -OCH3 is 1. The van der Waals surface area contributed by atoms with Gasteiger partial charge in [0.05, 0.1) is 13.2 Å². The molecule has 6 nitrogen and oxygen atoms in total. The molecule has 0 fully saturated rings. The number of nitrogens with one attached hydrogen (secondary N) is 2. The van der Waals surface area contributed by atoms with Crippen LogP contribution in [0.4, 0.5) is 0 Å². The van der Waals surface area contributed by atoms with Crippen molar-refractivity contribution in [1.29, 1.82) is 0 Å². The summed E-state index contributed by atoms with van der Waals surface area (Å²) in [5.41, 5.74) is 1.14. The van der Waals surface area contributed by atoms with Crippen molar-refractivity contribution >= 4 is 5.96 Å². The molecule has 0 atom stereocenters. The molecule has 0 unspecified atom stereocenters. The molecule has 136 valence electrons. The van der Waals surface area contributed by atoms with Gasteiger partial charge in [-0.1, -0.05) is 12.1 Å². The zero-order valence-corrected chi connectivity index (χ0v) is 15.1. The van der Waals surface area contributed by atoms with Crippen LogP contribution in [0.1, 0.15) is 12.5 Å². The summed E-state index contributed by atoms with van der Waals surface area (Å²) in [6.45, 7) is 6.41. The molecule has 0 aliphatic rings. The normalized spacial score (nSPS) is 11.4. The minimum atomic E-state index is 0.559. The molecular formula is C19H28N4O2. The maximum absolute atomic E-state index is 5.57. The second kappa shape index (κ2) is 11.1. The van der Waals surface area contributed by atoms with Crippen LogP contribution in [0.15, 0.2) is 53.8 Å². The fourth-order valence-corrected chi connectivity index (χ4v) is 2.27. The molecule has 0 aliphatic heterocycles. The summed E-state index contributed by atoms with van der Waals surface area (Å²) in [5.74, 6) is 1.68. The first-order valence-corrected chi connectivity index (χ1v) is 8.65. The van der Waals surface area contributed by atoms with E-state index in [-0.39, 0.29) is 0 Å². The molecule has 0 saturated carbocycles. The van der Waals surface area contributed by atoms with Crippen molar-refractivity contribution in [2.24, 2.45) is 4.99 Å². The molecule has 0 spiro atoms. The smallest absolute Gasteiger partial charge is 0.191 e. The highest BCUT2D eigenvalue weighted by atomic mass is 16.5. The van der Waals surface area contributed by atoms with E-state index in [4.69, 9.17) is 9.47 Å². The number of guanidine groups is 1. The molecule has 25 heavy (non-hydrogen) atoms. The van der Waals surface area contributed by atoms with E-state index in [0.29, 0.717) is 19.8 Å². The van der Waals surface area contributed by atoms with Gasteiger partial charge in [0, 0.05) is 39.1 Å². The Kier molecular flexibility index (Phi) is 8.41. The Morgan fingerprint density at radius 3 is 2.52 bits per heavy atom. The van der Waals surface area contributed by atoms with Crippen LogP contribution in [0.25, 0.3) is 0 Å². The zero-order chi connectivity index (χ0) is 17.7. The van der Waals surface area contributed by atoms with Crippen molar-refractivity contribution in [3.05, 3.63) is 54.4 Å². The predicted molar refractivity (Wildman–Crippen MR) is 101 cm³/mol. The number of ether oxygens (including phenoxy) is 2. The van der Waals surface area contributed by atoms with E-state index in [1.807, 2.05) is 36.4 Å². The van der Waals surface area contributed by atoms with Crippen molar-refractivity contribution in [3.8, 4) is 5.75 Å². The summed E-state index contributed by atoms with van der Waals surface area (Å²) in [7, 11) is 1.67. The summed E-state index contributed by atoms with van der Waals surface area (Å²) in [5, 5.41) is 6.62. The van der Waals surface area contributed by atoms with Crippen molar-refractivity contribution < 1.29 is 9.47 Å². The van der Waals surface area contributed by atoms with Gasteiger partial charge in [-0.3, -0.25) is 0 Å². The Labute approximate surface area is 149 Å². The highest BCUT2D eigenvalue weighted by Crippen LogP contribution is 2.12. The topological polar surface area (TPSA) is 59.8 Å². The molecule has 1 heterocycles. The molecule has 0 amide bonds. The summed E-state index contributed by atoms with van der Waals surface area (Å²) < 4.78 is 12.7. The van der Waals surface area contributed by atoms with E-state index in [9.17, 15) is 0 Å². The Bertz CT molecular complexity index is 609. The molecule has 1 aromatic heterocycles. The lowest BCUT2D eigenvalue weighted by molar-refractivity contribution is 0.146. The Hall–Kier alpha value is -2.47. The van der Waals surface area contributed by atoms with Gasteiger partial charge in [0.2, 0.25) is 0 Å². The Balaban J connectivity index is 1.80. The van der Waals surface area contributed by atoms with Crippen molar-refractivity contribution in [1.82, 2.24) is 15.2 Å². The van der Waals surface area contributed by atoms with Crippen LogP contribution in [0.2, 0.25) is 0 Å². The van der Waals surface area contributed by atoms with Crippen LogP contribution in [-0.2, 0) is 17.8 Å². The lowest BCUT2D eigenvalue weighted by Gasteiger charge is -2.12. The first-order chi connectivity index (χ1) is 12.3. The molecular weight excluding hydrogens is 316 g/mol. The number of hydrogen-bond acceptors (Lipinski definition) is 3. The van der Waals surface area contributed by atoms with Crippen molar-refractivity contribution in [2.45, 2.75) is 20.0 Å². The summed E-state index contributed by atoms with van der Waals surface area (Å²) in [6, 6.07) is 12.1. The standard InChI is InChI=1S/C19H28N4O2/c1-3-20-19(21-10-13-23-11-4-5-12-23)22-16-17-6-8-18(9-7-17)25-15-14-24-2/h4-9,11-12H,3,10,13-16H2,1-2H3,(H2,20,21,22). The molecule has 2 aromatic rings. The summed E-state index contributed by atoms with van der Waals surface area (Å²) >= 11 is 0. The van der Waals surface area contributed by atoms with Gasteiger partial charge in [-0.05, 0) is 36.8 Å². The maximum atomic E-state index is 5.57. The highest BCUT2D eigenvalue weighted by molar-refractivity contribution is 5.79. The number of rotatable bonds is 10. The van der Waals surface area contributed by atoms with Gasteiger partial charge in [-0.25, -0.2) is 4.99 Å². The monoisotopic (exact) mass is 344 g/mol. The quantitative estimate of drug-likeness (QED) is 0.394.